The molecule has 0 aliphatic carbocycles. The lowest BCUT2D eigenvalue weighted by atomic mass is 10.1. The Labute approximate surface area is 79.0 Å². The van der Waals surface area contributed by atoms with Crippen molar-refractivity contribution in [2.45, 2.75) is 25.7 Å². The molecule has 0 aromatic rings. The van der Waals surface area contributed by atoms with Gasteiger partial charge in [-0.15, -0.1) is 0 Å². The normalized spacial score (nSPS) is 17.2. The summed E-state index contributed by atoms with van der Waals surface area (Å²) in [5, 5.41) is 0. The number of hydrogen-bond donors (Lipinski definition) is 1. The van der Waals surface area contributed by atoms with Gasteiger partial charge in [-0.25, -0.2) is 4.79 Å². The molecule has 0 aromatic heterocycles. The van der Waals surface area contributed by atoms with E-state index in [-0.39, 0.29) is 6.09 Å². The fraction of sp³-hybridized carbons (Fsp3) is 0.889. The summed E-state index contributed by atoms with van der Waals surface area (Å²) in [6.07, 6.45) is 4.01. The van der Waals surface area contributed by atoms with Crippen LogP contribution < -0.4 is 5.73 Å². The molecule has 4 nitrogen and oxygen atoms in total. The second-order valence-electron chi connectivity index (χ2n) is 3.30. The number of rotatable bonds is 3. The van der Waals surface area contributed by atoms with E-state index in [1.54, 1.807) is 4.90 Å². The van der Waals surface area contributed by atoms with E-state index in [0.29, 0.717) is 13.2 Å². The topological polar surface area (TPSA) is 55.6 Å². The minimum atomic E-state index is -0.173. The van der Waals surface area contributed by atoms with E-state index in [1.165, 1.54) is 6.42 Å². The smallest absolute Gasteiger partial charge is 0.409 e. The Morgan fingerprint density at radius 3 is 2.62 bits per heavy atom. The number of carbonyl (C=O) groups excluding carboxylic acids is 1. The molecule has 0 saturated carbocycles. The average Bonchev–Trinajstić information content (AvgIpc) is 2.19. The molecular weight excluding hydrogens is 168 g/mol. The molecule has 4 heteroatoms. The lowest BCUT2D eigenvalue weighted by Gasteiger charge is -2.25. The quantitative estimate of drug-likeness (QED) is 0.668. The number of amides is 1. The first-order chi connectivity index (χ1) is 6.34. The standard InChI is InChI=1S/C9H18N2O2/c10-5-4-8-13-9(12)11-6-2-1-3-7-11/h1-8,10H2. The summed E-state index contributed by atoms with van der Waals surface area (Å²) < 4.78 is 5.03. The van der Waals surface area contributed by atoms with Crippen molar-refractivity contribution < 1.29 is 9.53 Å². The number of nitrogens with zero attached hydrogens (tertiary/aromatic N) is 1. The minimum absolute atomic E-state index is 0.173. The first-order valence-corrected chi connectivity index (χ1v) is 4.96. The van der Waals surface area contributed by atoms with Crippen LogP contribution in [0.25, 0.3) is 0 Å². The molecule has 0 atom stereocenters. The molecule has 1 aliphatic rings. The molecular formula is C9H18N2O2. The molecule has 1 rings (SSSR count). The van der Waals surface area contributed by atoms with E-state index < -0.39 is 0 Å². The molecule has 0 spiro atoms. The predicted molar refractivity (Wildman–Crippen MR) is 50.4 cm³/mol. The van der Waals surface area contributed by atoms with Gasteiger partial charge in [-0.05, 0) is 32.2 Å². The van der Waals surface area contributed by atoms with E-state index in [4.69, 9.17) is 10.5 Å². The van der Waals surface area contributed by atoms with Gasteiger partial charge in [0.25, 0.3) is 0 Å². The highest BCUT2D eigenvalue weighted by molar-refractivity contribution is 5.67. The highest BCUT2D eigenvalue weighted by Crippen LogP contribution is 2.09. The van der Waals surface area contributed by atoms with E-state index in [9.17, 15) is 4.79 Å². The largest absolute Gasteiger partial charge is 0.449 e. The Balaban J connectivity index is 2.13. The van der Waals surface area contributed by atoms with E-state index in [1.807, 2.05) is 0 Å². The third kappa shape index (κ3) is 3.63. The maximum atomic E-state index is 11.3. The Morgan fingerprint density at radius 2 is 2.00 bits per heavy atom. The number of nitrogens with two attached hydrogens (primary N) is 1. The third-order valence-corrected chi connectivity index (χ3v) is 2.19. The molecule has 76 valence electrons. The lowest BCUT2D eigenvalue weighted by molar-refractivity contribution is 0.0948. The van der Waals surface area contributed by atoms with Gasteiger partial charge in [0.05, 0.1) is 6.61 Å². The first kappa shape index (κ1) is 10.3. The van der Waals surface area contributed by atoms with Gasteiger partial charge in [0.1, 0.15) is 0 Å². The van der Waals surface area contributed by atoms with Gasteiger partial charge in [0.15, 0.2) is 0 Å². The van der Waals surface area contributed by atoms with Crippen LogP contribution in [0.1, 0.15) is 25.7 Å². The Bertz CT molecular complexity index is 156. The van der Waals surface area contributed by atoms with Gasteiger partial charge < -0.3 is 15.4 Å². The van der Waals surface area contributed by atoms with E-state index in [0.717, 1.165) is 32.4 Å². The highest BCUT2D eigenvalue weighted by Gasteiger charge is 2.16. The van der Waals surface area contributed by atoms with Crippen molar-refractivity contribution in [2.24, 2.45) is 5.73 Å². The summed E-state index contributed by atoms with van der Waals surface area (Å²) in [6, 6.07) is 0. The summed E-state index contributed by atoms with van der Waals surface area (Å²) in [7, 11) is 0. The van der Waals surface area contributed by atoms with Gasteiger partial charge in [0, 0.05) is 13.1 Å². The number of ether oxygens (including phenoxy) is 1. The maximum absolute atomic E-state index is 11.3. The van der Waals surface area contributed by atoms with Crippen molar-refractivity contribution in [1.29, 1.82) is 0 Å². The van der Waals surface area contributed by atoms with Crippen molar-refractivity contribution in [2.75, 3.05) is 26.2 Å². The molecule has 2 N–H and O–H groups in total. The summed E-state index contributed by atoms with van der Waals surface area (Å²) in [5.74, 6) is 0. The van der Waals surface area contributed by atoms with Gasteiger partial charge in [0.2, 0.25) is 0 Å². The zero-order chi connectivity index (χ0) is 9.52. The van der Waals surface area contributed by atoms with Crippen molar-refractivity contribution in [3.63, 3.8) is 0 Å². The number of hydrogen-bond acceptors (Lipinski definition) is 3. The third-order valence-electron chi connectivity index (χ3n) is 2.19. The van der Waals surface area contributed by atoms with Crippen LogP contribution in [0.5, 0.6) is 0 Å². The molecule has 0 radical (unpaired) electrons. The fourth-order valence-corrected chi connectivity index (χ4v) is 1.41. The SMILES string of the molecule is NCCCOC(=O)N1CCCCC1. The van der Waals surface area contributed by atoms with Crippen LogP contribution in [0.3, 0.4) is 0 Å². The molecule has 0 bridgehead atoms. The van der Waals surface area contributed by atoms with Gasteiger partial charge in [-0.2, -0.15) is 0 Å². The van der Waals surface area contributed by atoms with Crippen molar-refractivity contribution in [3.05, 3.63) is 0 Å². The Hall–Kier alpha value is -0.770. The second kappa shape index (κ2) is 5.80. The summed E-state index contributed by atoms with van der Waals surface area (Å²) in [5.41, 5.74) is 5.29. The Kier molecular flexibility index (Phi) is 4.60. The van der Waals surface area contributed by atoms with E-state index >= 15 is 0 Å². The zero-order valence-corrected chi connectivity index (χ0v) is 8.00. The average molecular weight is 186 g/mol. The van der Waals surface area contributed by atoms with E-state index in [2.05, 4.69) is 0 Å². The van der Waals surface area contributed by atoms with Crippen LogP contribution in [-0.4, -0.2) is 37.2 Å². The van der Waals surface area contributed by atoms with Crippen LogP contribution in [0.2, 0.25) is 0 Å². The number of likely N-dealkylation sites (tertiary alicyclic amines) is 1. The molecule has 1 aliphatic heterocycles. The minimum Gasteiger partial charge on any atom is -0.449 e. The fourth-order valence-electron chi connectivity index (χ4n) is 1.41. The molecule has 0 unspecified atom stereocenters. The van der Waals surface area contributed by atoms with Gasteiger partial charge in [-0.3, -0.25) is 0 Å². The molecule has 1 heterocycles. The van der Waals surface area contributed by atoms with Gasteiger partial charge >= 0.3 is 6.09 Å². The predicted octanol–water partition coefficient (Wildman–Crippen LogP) is 0.958. The van der Waals surface area contributed by atoms with Crippen molar-refractivity contribution in [1.82, 2.24) is 4.90 Å². The lowest BCUT2D eigenvalue weighted by Crippen LogP contribution is -2.36. The van der Waals surface area contributed by atoms with Crippen molar-refractivity contribution >= 4 is 6.09 Å². The molecule has 13 heavy (non-hydrogen) atoms. The molecule has 1 fully saturated rings. The Morgan fingerprint density at radius 1 is 1.31 bits per heavy atom. The molecule has 1 saturated heterocycles. The molecule has 0 aromatic carbocycles. The summed E-state index contributed by atoms with van der Waals surface area (Å²) in [6.45, 7) is 2.72. The maximum Gasteiger partial charge on any atom is 0.409 e. The summed E-state index contributed by atoms with van der Waals surface area (Å²) in [4.78, 5) is 13.1. The number of carbonyl (C=O) groups is 1. The zero-order valence-electron chi connectivity index (χ0n) is 8.00. The second-order valence-corrected chi connectivity index (χ2v) is 3.30. The van der Waals surface area contributed by atoms with Crippen LogP contribution in [0.15, 0.2) is 0 Å². The van der Waals surface area contributed by atoms with Crippen LogP contribution in [0.4, 0.5) is 4.79 Å². The van der Waals surface area contributed by atoms with Crippen LogP contribution in [-0.2, 0) is 4.74 Å². The highest BCUT2D eigenvalue weighted by atomic mass is 16.6. The van der Waals surface area contributed by atoms with Crippen LogP contribution in [0, 0.1) is 0 Å². The first-order valence-electron chi connectivity index (χ1n) is 4.96. The number of piperidine rings is 1. The molecule has 1 amide bonds. The van der Waals surface area contributed by atoms with Gasteiger partial charge in [-0.1, -0.05) is 0 Å². The monoisotopic (exact) mass is 186 g/mol. The van der Waals surface area contributed by atoms with Crippen LogP contribution >= 0.6 is 0 Å². The summed E-state index contributed by atoms with van der Waals surface area (Å²) >= 11 is 0. The van der Waals surface area contributed by atoms with Crippen molar-refractivity contribution in [3.8, 4) is 0 Å².